The van der Waals surface area contributed by atoms with Crippen molar-refractivity contribution in [3.05, 3.63) is 16.0 Å². The fourth-order valence-electron chi connectivity index (χ4n) is 4.06. The molecule has 2 N–H and O–H groups in total. The van der Waals surface area contributed by atoms with Gasteiger partial charge in [-0.25, -0.2) is 4.79 Å². The third-order valence-corrected chi connectivity index (χ3v) is 6.64. The van der Waals surface area contributed by atoms with E-state index >= 15 is 0 Å². The average Bonchev–Trinajstić information content (AvgIpc) is 2.76. The maximum Gasteiger partial charge on any atom is 0.341 e. The van der Waals surface area contributed by atoms with Gasteiger partial charge in [-0.3, -0.25) is 4.79 Å². The van der Waals surface area contributed by atoms with E-state index in [1.807, 2.05) is 6.92 Å². The predicted molar refractivity (Wildman–Crippen MR) is 104 cm³/mol. The van der Waals surface area contributed by atoms with Crippen molar-refractivity contribution in [1.82, 2.24) is 0 Å². The van der Waals surface area contributed by atoms with E-state index in [1.54, 1.807) is 11.3 Å². The molecular formula is C20H31N2O3S+. The number of carbonyl (C=O) groups is 2. The second-order valence-corrected chi connectivity index (χ2v) is 8.77. The predicted octanol–water partition coefficient (Wildman–Crippen LogP) is 2.45. The Balaban J connectivity index is 1.75. The van der Waals surface area contributed by atoms with E-state index in [2.05, 4.69) is 12.2 Å². The van der Waals surface area contributed by atoms with E-state index in [0.29, 0.717) is 29.6 Å². The third kappa shape index (κ3) is 4.65. The van der Waals surface area contributed by atoms with E-state index in [9.17, 15) is 9.59 Å². The summed E-state index contributed by atoms with van der Waals surface area (Å²) in [6.07, 6.45) is 7.90. The van der Waals surface area contributed by atoms with Gasteiger partial charge in [0.05, 0.1) is 25.3 Å². The van der Waals surface area contributed by atoms with Crippen LogP contribution in [0, 0.1) is 5.92 Å². The standard InChI is InChI=1S/C20H30N2O3S/c1-3-25-20(24)18-15-9-8-14(2)12-16(15)26-19(18)21-17(23)13-22-10-6-4-5-7-11-22/h14H,3-13H2,1-2H3,(H,21,23)/p+1/t14-/m1/s1. The first-order valence-electron chi connectivity index (χ1n) is 10.0. The highest BCUT2D eigenvalue weighted by molar-refractivity contribution is 7.17. The van der Waals surface area contributed by atoms with Gasteiger partial charge >= 0.3 is 5.97 Å². The fraction of sp³-hybridized carbons (Fsp3) is 0.700. The number of carbonyl (C=O) groups excluding carboxylic acids is 2. The minimum Gasteiger partial charge on any atom is -0.462 e. The molecule has 3 rings (SSSR count). The molecule has 1 fully saturated rings. The molecule has 144 valence electrons. The molecule has 5 nitrogen and oxygen atoms in total. The average molecular weight is 380 g/mol. The van der Waals surface area contributed by atoms with Crippen LogP contribution >= 0.6 is 11.3 Å². The van der Waals surface area contributed by atoms with Crippen LogP contribution in [0.2, 0.25) is 0 Å². The van der Waals surface area contributed by atoms with Crippen molar-refractivity contribution >= 4 is 28.2 Å². The molecule has 0 unspecified atom stereocenters. The maximum atomic E-state index is 12.6. The summed E-state index contributed by atoms with van der Waals surface area (Å²) in [5.74, 6) is 0.345. The van der Waals surface area contributed by atoms with Crippen molar-refractivity contribution in [3.63, 3.8) is 0 Å². The van der Waals surface area contributed by atoms with Gasteiger partial charge in [0.25, 0.3) is 5.91 Å². The zero-order valence-corrected chi connectivity index (χ0v) is 16.8. The molecule has 1 aliphatic heterocycles. The van der Waals surface area contributed by atoms with Crippen LogP contribution in [0.3, 0.4) is 0 Å². The molecule has 2 heterocycles. The third-order valence-electron chi connectivity index (χ3n) is 5.47. The van der Waals surface area contributed by atoms with Gasteiger partial charge in [-0.1, -0.05) is 6.92 Å². The topological polar surface area (TPSA) is 59.8 Å². The highest BCUT2D eigenvalue weighted by Gasteiger charge is 2.29. The van der Waals surface area contributed by atoms with Gasteiger partial charge in [0.2, 0.25) is 0 Å². The smallest absolute Gasteiger partial charge is 0.341 e. The number of fused-ring (bicyclic) bond motifs is 1. The van der Waals surface area contributed by atoms with Crippen molar-refractivity contribution in [2.45, 2.75) is 58.8 Å². The molecule has 26 heavy (non-hydrogen) atoms. The van der Waals surface area contributed by atoms with Gasteiger partial charge in [-0.15, -0.1) is 11.3 Å². The lowest BCUT2D eigenvalue weighted by molar-refractivity contribution is -0.890. The number of thiophene rings is 1. The van der Waals surface area contributed by atoms with E-state index in [4.69, 9.17) is 4.74 Å². The molecular weight excluding hydrogens is 348 g/mol. The first kappa shape index (κ1) is 19.4. The lowest BCUT2D eigenvalue weighted by Gasteiger charge is -2.18. The van der Waals surface area contributed by atoms with E-state index in [-0.39, 0.29) is 11.9 Å². The van der Waals surface area contributed by atoms with Crippen molar-refractivity contribution in [2.24, 2.45) is 5.92 Å². The second kappa shape index (κ2) is 9.00. The molecule has 0 saturated carbocycles. The number of esters is 1. The van der Waals surface area contributed by atoms with Crippen LogP contribution in [0.15, 0.2) is 0 Å². The second-order valence-electron chi connectivity index (χ2n) is 7.67. The largest absolute Gasteiger partial charge is 0.462 e. The molecule has 0 spiro atoms. The zero-order chi connectivity index (χ0) is 18.5. The number of likely N-dealkylation sites (tertiary alicyclic amines) is 1. The molecule has 1 amide bonds. The number of rotatable bonds is 5. The Morgan fingerprint density at radius 3 is 2.65 bits per heavy atom. The molecule has 0 bridgehead atoms. The SMILES string of the molecule is CCOC(=O)c1c(NC(=O)C[NH+]2CCCCCC2)sc2c1CC[C@@H](C)C2. The van der Waals surface area contributed by atoms with Crippen molar-refractivity contribution < 1.29 is 19.2 Å². The van der Waals surface area contributed by atoms with Crippen molar-refractivity contribution in [1.29, 1.82) is 0 Å². The molecule has 2 aliphatic rings. The highest BCUT2D eigenvalue weighted by Crippen LogP contribution is 2.40. The van der Waals surface area contributed by atoms with Crippen LogP contribution in [0.4, 0.5) is 5.00 Å². The number of ether oxygens (including phenoxy) is 1. The van der Waals surface area contributed by atoms with E-state index < -0.39 is 0 Å². The van der Waals surface area contributed by atoms with Crippen LogP contribution in [0.1, 0.15) is 66.8 Å². The number of quaternary nitrogens is 1. The zero-order valence-electron chi connectivity index (χ0n) is 16.0. The van der Waals surface area contributed by atoms with Crippen LogP contribution < -0.4 is 10.2 Å². The quantitative estimate of drug-likeness (QED) is 0.773. The van der Waals surface area contributed by atoms with Gasteiger partial charge in [0.15, 0.2) is 6.54 Å². The summed E-state index contributed by atoms with van der Waals surface area (Å²) < 4.78 is 5.28. The van der Waals surface area contributed by atoms with Gasteiger partial charge in [-0.2, -0.15) is 0 Å². The number of anilines is 1. The van der Waals surface area contributed by atoms with Crippen LogP contribution in [0.5, 0.6) is 0 Å². The Morgan fingerprint density at radius 2 is 1.96 bits per heavy atom. The maximum absolute atomic E-state index is 12.6. The summed E-state index contributed by atoms with van der Waals surface area (Å²) in [4.78, 5) is 27.7. The highest BCUT2D eigenvalue weighted by atomic mass is 32.1. The monoisotopic (exact) mass is 379 g/mol. The fourth-order valence-corrected chi connectivity index (χ4v) is 5.48. The summed E-state index contributed by atoms with van der Waals surface area (Å²) in [6, 6.07) is 0. The molecule has 1 aromatic heterocycles. The Hall–Kier alpha value is -1.40. The molecule has 6 heteroatoms. The molecule has 0 aromatic carbocycles. The van der Waals surface area contributed by atoms with Crippen LogP contribution in [-0.4, -0.2) is 38.1 Å². The summed E-state index contributed by atoms with van der Waals surface area (Å²) in [5, 5.41) is 3.74. The normalized spacial score (nSPS) is 20.9. The molecule has 1 atom stereocenters. The first-order chi connectivity index (χ1) is 12.6. The lowest BCUT2D eigenvalue weighted by atomic mass is 9.88. The number of amides is 1. The Bertz CT molecular complexity index is 648. The Labute approximate surface area is 160 Å². The Morgan fingerprint density at radius 1 is 1.23 bits per heavy atom. The van der Waals surface area contributed by atoms with Crippen LogP contribution in [-0.2, 0) is 22.4 Å². The van der Waals surface area contributed by atoms with Gasteiger partial charge in [0.1, 0.15) is 5.00 Å². The molecule has 1 aliphatic carbocycles. The number of nitrogens with one attached hydrogen (secondary N) is 2. The van der Waals surface area contributed by atoms with Gasteiger partial charge < -0.3 is 15.0 Å². The number of hydrogen-bond acceptors (Lipinski definition) is 4. The molecule has 0 radical (unpaired) electrons. The van der Waals surface area contributed by atoms with Gasteiger partial charge in [0, 0.05) is 4.88 Å². The minimum absolute atomic E-state index is 0.0130. The summed E-state index contributed by atoms with van der Waals surface area (Å²) in [5.41, 5.74) is 1.71. The molecule has 1 aromatic rings. The first-order valence-corrected chi connectivity index (χ1v) is 10.8. The van der Waals surface area contributed by atoms with Crippen molar-refractivity contribution in [2.75, 3.05) is 31.6 Å². The Kier molecular flexibility index (Phi) is 6.70. The lowest BCUT2D eigenvalue weighted by Crippen LogP contribution is -3.12. The van der Waals surface area contributed by atoms with E-state index in [1.165, 1.54) is 35.5 Å². The summed E-state index contributed by atoms with van der Waals surface area (Å²) in [7, 11) is 0. The van der Waals surface area contributed by atoms with E-state index in [0.717, 1.165) is 37.9 Å². The van der Waals surface area contributed by atoms with Gasteiger partial charge in [-0.05, 0) is 63.4 Å². The van der Waals surface area contributed by atoms with Crippen LogP contribution in [0.25, 0.3) is 0 Å². The number of hydrogen-bond donors (Lipinski definition) is 2. The summed E-state index contributed by atoms with van der Waals surface area (Å²) in [6.45, 7) is 7.03. The summed E-state index contributed by atoms with van der Waals surface area (Å²) >= 11 is 1.57. The molecule has 1 saturated heterocycles. The van der Waals surface area contributed by atoms with Crippen molar-refractivity contribution in [3.8, 4) is 0 Å². The minimum atomic E-state index is -0.294.